The van der Waals surface area contributed by atoms with Crippen LogP contribution in [0.3, 0.4) is 0 Å². The number of aromatic nitrogens is 14. The molecule has 0 radical (unpaired) electrons. The van der Waals surface area contributed by atoms with E-state index in [1.54, 1.807) is 16.7 Å². The summed E-state index contributed by atoms with van der Waals surface area (Å²) in [5.74, 6) is -0.460. The summed E-state index contributed by atoms with van der Waals surface area (Å²) in [6.07, 6.45) is -9.92. The van der Waals surface area contributed by atoms with E-state index in [4.69, 9.17) is 118 Å². The van der Waals surface area contributed by atoms with Gasteiger partial charge in [-0.3, -0.25) is 51.4 Å². The van der Waals surface area contributed by atoms with Gasteiger partial charge in [-0.2, -0.15) is 15.1 Å². The molecule has 47 heteroatoms. The van der Waals surface area contributed by atoms with Crippen molar-refractivity contribution in [2.24, 2.45) is 0 Å². The lowest BCUT2D eigenvalue weighted by Crippen LogP contribution is -2.45. The van der Waals surface area contributed by atoms with Crippen LogP contribution in [0.1, 0.15) is 44.3 Å². The zero-order valence-electron chi connectivity index (χ0n) is 45.2. The highest BCUT2D eigenvalue weighted by atomic mass is 32.7. The normalized spacial score (nSPS) is 37.7. The minimum Gasteiger partial charge on any atom is -0.397 e. The second-order valence-electron chi connectivity index (χ2n) is 21.1. The van der Waals surface area contributed by atoms with E-state index in [0.717, 1.165) is 6.33 Å². The highest BCUT2D eigenvalue weighted by molar-refractivity contribution is 8.44. The van der Waals surface area contributed by atoms with E-state index in [0.29, 0.717) is 33.9 Å². The zero-order chi connectivity index (χ0) is 63.1. The topological polar surface area (TPSA) is 490 Å². The summed E-state index contributed by atoms with van der Waals surface area (Å²) in [5, 5.41) is 4.28. The largest absolute Gasteiger partial charge is 0.397 e. The fourth-order valence-corrected chi connectivity index (χ4v) is 17.2. The second-order valence-corrected chi connectivity index (χ2v) is 32.3. The third-order valence-corrected chi connectivity index (χ3v) is 21.7. The number of anilines is 4. The average Bonchev–Trinajstić information content (AvgIpc) is 1.57. The predicted molar refractivity (Wildman–Crippen MR) is 323 cm³/mol. The summed E-state index contributed by atoms with van der Waals surface area (Å²) in [5.41, 5.74) is 22.9. The zero-order valence-corrected chi connectivity index (χ0v) is 52.1. The summed E-state index contributed by atoms with van der Waals surface area (Å²) in [4.78, 5) is 91.8. The number of aromatic amines is 2. The number of ether oxygens (including phenoxy) is 5. The van der Waals surface area contributed by atoms with E-state index < -0.39 is 156 Å². The van der Waals surface area contributed by atoms with Crippen LogP contribution in [0.5, 0.6) is 0 Å². The van der Waals surface area contributed by atoms with E-state index in [2.05, 4.69) is 62.2 Å². The number of fused-ring (bicyclic) bond motifs is 9. The molecule has 0 aliphatic carbocycles. The van der Waals surface area contributed by atoms with E-state index >= 15 is 8.78 Å². The molecular formula is C44H52F2N18O19P4S4. The molecule has 0 amide bonds. The Kier molecular flexibility index (Phi) is 17.0. The molecule has 0 spiro atoms. The predicted octanol–water partition coefficient (Wildman–Crippen LogP) is 1.68. The van der Waals surface area contributed by atoms with Gasteiger partial charge in [-0.05, 0) is 47.6 Å². The molecule has 7 saturated heterocycles. The standard InChI is InChI=1S/C22H24FN9O10P2S2.C21H24FN9O9P2S2.CH4/c23-10-9-3-37-43(34,45)42-15-14-20(31-6-27-11-8(24)1-2-26-16(11)31)40-22(15,4-36-14)5-38-44(35,46)41-13(10)19(39-9)32-7-28-12-17(32)29-21(25)30-18(12)33;22-14-13-6-36-41(33,43)39-11-3-10(9-4-25-17-8(23)1-2-27-31(9)17)37-12(11)5-35-42(34,44)40-16(14)20(38-13)30-7-26-15-18(30)28-21(24)29-19(15)32;/h1-2,6-7,9-10,13-15,19-20H,3-5H2,(H2,24,26)(H,34,45)(H,35,46)(H3,25,29,30,33);1-2,4,7,10-14,16,20H,3,5-6,23H2,(H,33,43)(H,34,44)(H3,24,28,29,32);1H4/t9-,10+,13-,14-,15+,19-,20-,22-,43?,44?;10-,11+,12-,13-,14-,16-,20-,41?,42?;/m11./s1. The summed E-state index contributed by atoms with van der Waals surface area (Å²) in [6.45, 7) is -19.0. The number of hydrogen-bond acceptors (Lipinski definition) is 31. The SMILES string of the molecule is C.Nc1nc2c(ncn2[C@@H]2O[C@@H]3COP(O)(=S)O[C@H]4C[C@H](c5cnc6c(N)ccnn56)O[C@@H]4COP(=O)(S)O[C@@H]2[C@@H]3F)c(=O)[nH]1.Nc1nc2c(ncn2[C@@H]2O[C@@H]3COP(O)(=S)O[C@H]4[C@H]5OC[C@]4(COP(O)(=S)O[C@@H]2[C@H]3F)O[C@H]5n2cnc3c(N)ccnc32)c(=O)[nH]1. The fourth-order valence-electron chi connectivity index (χ4n) is 11.4. The highest BCUT2D eigenvalue weighted by Gasteiger charge is 2.66. The summed E-state index contributed by atoms with van der Waals surface area (Å²) >= 11 is 19.9. The molecule has 13 N–H and O–H groups in total. The Hall–Kier alpha value is -5.11. The molecule has 0 saturated carbocycles. The number of thiol groups is 1. The smallest absolute Gasteiger partial charge is 0.386 e. The van der Waals surface area contributed by atoms with Gasteiger partial charge in [-0.1, -0.05) is 19.7 Å². The molecule has 91 heavy (non-hydrogen) atoms. The van der Waals surface area contributed by atoms with Crippen LogP contribution in [0.2, 0.25) is 0 Å². The quantitative estimate of drug-likeness (QED) is 0.0885. The van der Waals surface area contributed by atoms with Crippen molar-refractivity contribution in [1.29, 1.82) is 0 Å². The first-order chi connectivity index (χ1) is 42.7. The molecule has 8 aromatic heterocycles. The van der Waals surface area contributed by atoms with Crippen molar-refractivity contribution < 1.29 is 87.9 Å². The third-order valence-electron chi connectivity index (χ3n) is 15.4. The molecule has 4 unspecified atom stereocenters. The fraction of sp³-hybridized carbons (Fsp3) is 0.500. The van der Waals surface area contributed by atoms with Crippen LogP contribution in [0.25, 0.3) is 39.1 Å². The number of nitrogens with one attached hydrogen (secondary N) is 2. The van der Waals surface area contributed by atoms with Crippen molar-refractivity contribution in [3.05, 3.63) is 76.1 Å². The van der Waals surface area contributed by atoms with Crippen molar-refractivity contribution in [3.8, 4) is 0 Å². The van der Waals surface area contributed by atoms with Gasteiger partial charge >= 0.3 is 27.0 Å². The number of H-pyrrole nitrogens is 2. The van der Waals surface area contributed by atoms with E-state index in [1.807, 2.05) is 0 Å². The minimum atomic E-state index is -4.34. The maximum Gasteiger partial charge on any atom is 0.386 e. The van der Waals surface area contributed by atoms with Crippen LogP contribution < -0.4 is 34.1 Å². The van der Waals surface area contributed by atoms with Crippen LogP contribution in [-0.4, -0.2) is 183 Å². The molecule has 6 bridgehead atoms. The van der Waals surface area contributed by atoms with Crippen LogP contribution >= 0.6 is 39.2 Å². The van der Waals surface area contributed by atoms with Gasteiger partial charge in [-0.25, -0.2) is 42.8 Å². The van der Waals surface area contributed by atoms with E-state index in [1.165, 1.54) is 44.9 Å². The molecule has 7 aliphatic heterocycles. The molecule has 7 fully saturated rings. The third kappa shape index (κ3) is 12.0. The molecule has 37 nitrogen and oxygen atoms in total. The van der Waals surface area contributed by atoms with Crippen LogP contribution in [0, 0.1) is 0 Å². The number of nitrogens with two attached hydrogens (primary N) is 4. The number of pyridine rings is 1. The van der Waals surface area contributed by atoms with Crippen molar-refractivity contribution in [2.75, 3.05) is 56.0 Å². The average molecular weight is 1430 g/mol. The van der Waals surface area contributed by atoms with Crippen LogP contribution in [0.4, 0.5) is 32.1 Å². The Balaban J connectivity index is 0.000000165. The Morgan fingerprint density at radius 2 is 1.19 bits per heavy atom. The molecule has 15 heterocycles. The number of rotatable bonds is 4. The lowest BCUT2D eigenvalue weighted by molar-refractivity contribution is -0.183. The molecule has 0 aromatic carbocycles. The van der Waals surface area contributed by atoms with Crippen molar-refractivity contribution >= 4 is 137 Å². The van der Waals surface area contributed by atoms with Crippen molar-refractivity contribution in [2.45, 2.75) is 105 Å². The van der Waals surface area contributed by atoms with Gasteiger partial charge in [-0.15, -0.1) is 0 Å². The van der Waals surface area contributed by atoms with Gasteiger partial charge < -0.3 is 79.4 Å². The second kappa shape index (κ2) is 24.0. The van der Waals surface area contributed by atoms with E-state index in [-0.39, 0.29) is 54.7 Å². The highest BCUT2D eigenvalue weighted by Crippen LogP contribution is 2.61. The first kappa shape index (κ1) is 64.6. The van der Waals surface area contributed by atoms with Gasteiger partial charge in [0.25, 0.3) is 11.1 Å². The summed E-state index contributed by atoms with van der Waals surface area (Å²) in [6, 6.07) is 3.20. The molecule has 15 rings (SSSR count). The first-order valence-electron chi connectivity index (χ1n) is 26.5. The lowest BCUT2D eigenvalue weighted by atomic mass is 10.0. The first-order valence-corrected chi connectivity index (χ1v) is 37.0. The number of alkyl halides is 2. The maximum absolute atomic E-state index is 16.0. The van der Waals surface area contributed by atoms with Crippen molar-refractivity contribution in [3.63, 3.8) is 0 Å². The molecule has 7 aliphatic rings. The molecule has 8 aromatic rings. The van der Waals surface area contributed by atoms with Crippen LogP contribution in [-0.2, 0) is 99.9 Å². The van der Waals surface area contributed by atoms with Crippen molar-refractivity contribution in [1.82, 2.24) is 68.2 Å². The number of halogens is 2. The Labute approximate surface area is 528 Å². The van der Waals surface area contributed by atoms with Gasteiger partial charge in [0, 0.05) is 12.6 Å². The molecule has 19 atom stereocenters. The van der Waals surface area contributed by atoms with E-state index in [9.17, 15) is 28.8 Å². The summed E-state index contributed by atoms with van der Waals surface area (Å²) < 4.78 is 127. The minimum absolute atomic E-state index is 0. The number of nitrogen functional groups attached to an aromatic ring is 4. The lowest BCUT2D eigenvalue weighted by Gasteiger charge is -2.33. The Bertz CT molecular complexity index is 4500. The maximum atomic E-state index is 16.0. The Morgan fingerprint density at radius 3 is 1.82 bits per heavy atom. The number of nitrogens with zero attached hydrogens (tertiary/aromatic N) is 12. The van der Waals surface area contributed by atoms with Gasteiger partial charge in [0.1, 0.15) is 59.9 Å². The number of imidazole rings is 4. The Morgan fingerprint density at radius 1 is 0.626 bits per heavy atom. The molecular weight excluding hydrogens is 1370 g/mol. The van der Waals surface area contributed by atoms with Crippen LogP contribution in [0.15, 0.2) is 59.3 Å². The number of hydrogen-bond donors (Lipinski definition) is 10. The summed E-state index contributed by atoms with van der Waals surface area (Å²) in [7, 11) is 0. The van der Waals surface area contributed by atoms with Gasteiger partial charge in [0.05, 0.1) is 87.6 Å². The van der Waals surface area contributed by atoms with Gasteiger partial charge in [0.2, 0.25) is 11.9 Å². The molecule has 490 valence electrons. The van der Waals surface area contributed by atoms with Gasteiger partial charge in [0.15, 0.2) is 64.6 Å². The monoisotopic (exact) mass is 1430 g/mol.